The zero-order valence-electron chi connectivity index (χ0n) is 12.2. The Morgan fingerprint density at radius 2 is 1.74 bits per heavy atom. The number of benzene rings is 2. The van der Waals surface area contributed by atoms with Crippen LogP contribution in [0, 0.1) is 11.6 Å². The number of rotatable bonds is 3. The third-order valence-electron chi connectivity index (χ3n) is 4.49. The highest BCUT2D eigenvalue weighted by molar-refractivity contribution is 6.04. The maximum atomic E-state index is 13.8. The maximum Gasteiger partial charge on any atom is 0.235 e. The Kier molecular flexibility index (Phi) is 2.98. The molecule has 4 rings (SSSR count). The van der Waals surface area contributed by atoms with Crippen molar-refractivity contribution in [1.29, 1.82) is 0 Å². The van der Waals surface area contributed by atoms with Crippen molar-refractivity contribution in [2.45, 2.75) is 18.3 Å². The number of para-hydroxylation sites is 2. The van der Waals surface area contributed by atoms with E-state index < -0.39 is 17.0 Å². The molecule has 1 amide bonds. The molecule has 3 nitrogen and oxygen atoms in total. The molecule has 2 N–H and O–H groups in total. The minimum atomic E-state index is -0.770. The van der Waals surface area contributed by atoms with Crippen LogP contribution in [0.1, 0.15) is 18.4 Å². The van der Waals surface area contributed by atoms with Crippen LogP contribution >= 0.6 is 0 Å². The first kappa shape index (κ1) is 13.9. The van der Waals surface area contributed by atoms with Crippen LogP contribution < -0.4 is 5.32 Å². The summed E-state index contributed by atoms with van der Waals surface area (Å²) in [5.74, 6) is -1.91. The van der Waals surface area contributed by atoms with Gasteiger partial charge >= 0.3 is 0 Å². The van der Waals surface area contributed by atoms with Crippen LogP contribution in [0.3, 0.4) is 0 Å². The molecule has 0 bridgehead atoms. The molecular formula is C18H14F2N2O. The van der Waals surface area contributed by atoms with Gasteiger partial charge in [-0.15, -0.1) is 0 Å². The van der Waals surface area contributed by atoms with Crippen molar-refractivity contribution >= 4 is 22.5 Å². The normalized spacial score (nSPS) is 15.6. The van der Waals surface area contributed by atoms with Gasteiger partial charge < -0.3 is 10.3 Å². The highest BCUT2D eigenvalue weighted by Crippen LogP contribution is 2.51. The quantitative estimate of drug-likeness (QED) is 0.751. The summed E-state index contributed by atoms with van der Waals surface area (Å²) < 4.78 is 27.5. The number of H-pyrrole nitrogens is 1. The van der Waals surface area contributed by atoms with E-state index in [4.69, 9.17) is 0 Å². The summed E-state index contributed by atoms with van der Waals surface area (Å²) in [4.78, 5) is 15.8. The highest BCUT2D eigenvalue weighted by Gasteiger charge is 2.52. The maximum absolute atomic E-state index is 13.8. The first-order valence-electron chi connectivity index (χ1n) is 7.44. The van der Waals surface area contributed by atoms with E-state index in [1.165, 1.54) is 6.07 Å². The number of carbonyl (C=O) groups excluding carboxylic acids is 1. The second-order valence-electron chi connectivity index (χ2n) is 5.88. The summed E-state index contributed by atoms with van der Waals surface area (Å²) in [5.41, 5.74) is 0.721. The van der Waals surface area contributed by atoms with Crippen LogP contribution in [-0.4, -0.2) is 10.9 Å². The number of fused-ring (bicyclic) bond motifs is 1. The van der Waals surface area contributed by atoms with Gasteiger partial charge in [-0.2, -0.15) is 0 Å². The number of aromatic nitrogens is 1. The molecule has 1 aliphatic rings. The Balaban J connectivity index is 1.71. The third kappa shape index (κ3) is 2.11. The first-order chi connectivity index (χ1) is 11.1. The Bertz CT molecular complexity index is 892. The predicted molar refractivity (Wildman–Crippen MR) is 84.2 cm³/mol. The van der Waals surface area contributed by atoms with Gasteiger partial charge in [-0.3, -0.25) is 4.79 Å². The lowest BCUT2D eigenvalue weighted by molar-refractivity contribution is -0.118. The molecule has 1 saturated carbocycles. The smallest absolute Gasteiger partial charge is 0.235 e. The van der Waals surface area contributed by atoms with Crippen molar-refractivity contribution in [3.63, 3.8) is 0 Å². The zero-order valence-corrected chi connectivity index (χ0v) is 12.2. The van der Waals surface area contributed by atoms with Crippen molar-refractivity contribution in [3.8, 4) is 0 Å². The Morgan fingerprint density at radius 3 is 2.43 bits per heavy atom. The standard InChI is InChI=1S/C18H14F2N2O/c19-13-5-3-6-14(20)16(13)22-17(23)18(8-9-18)12-10-21-15-7-2-1-4-11(12)15/h1-7,10,21H,8-9H2,(H,22,23). The highest BCUT2D eigenvalue weighted by atomic mass is 19.1. The Labute approximate surface area is 131 Å². The van der Waals surface area contributed by atoms with Gasteiger partial charge in [0.2, 0.25) is 5.91 Å². The minimum absolute atomic E-state index is 0.369. The van der Waals surface area contributed by atoms with Crippen molar-refractivity contribution in [3.05, 3.63) is 65.9 Å². The number of hydrogen-bond donors (Lipinski definition) is 2. The van der Waals surface area contributed by atoms with Gasteiger partial charge in [-0.1, -0.05) is 24.3 Å². The molecule has 0 spiro atoms. The van der Waals surface area contributed by atoms with Gasteiger partial charge in [0.15, 0.2) is 0 Å². The Morgan fingerprint density at radius 1 is 1.04 bits per heavy atom. The largest absolute Gasteiger partial charge is 0.361 e. The molecule has 1 heterocycles. The summed E-state index contributed by atoms with van der Waals surface area (Å²) in [6.45, 7) is 0. The summed E-state index contributed by atoms with van der Waals surface area (Å²) in [6.07, 6.45) is 3.14. The molecule has 1 aromatic heterocycles. The fourth-order valence-corrected chi connectivity index (χ4v) is 3.06. The van der Waals surface area contributed by atoms with Crippen LogP contribution in [-0.2, 0) is 10.2 Å². The molecule has 3 aromatic rings. The second kappa shape index (κ2) is 4.91. The molecule has 116 valence electrons. The lowest BCUT2D eigenvalue weighted by Gasteiger charge is -2.15. The molecule has 23 heavy (non-hydrogen) atoms. The number of halogens is 2. The fourth-order valence-electron chi connectivity index (χ4n) is 3.06. The van der Waals surface area contributed by atoms with Crippen molar-refractivity contribution in [2.75, 3.05) is 5.32 Å². The lowest BCUT2D eigenvalue weighted by atomic mass is 9.94. The van der Waals surface area contributed by atoms with E-state index in [1.54, 1.807) is 0 Å². The Hall–Kier alpha value is -2.69. The first-order valence-corrected chi connectivity index (χ1v) is 7.44. The van der Waals surface area contributed by atoms with Crippen LogP contribution in [0.2, 0.25) is 0 Å². The van der Waals surface area contributed by atoms with E-state index in [0.717, 1.165) is 28.6 Å². The number of carbonyl (C=O) groups is 1. The average molecular weight is 312 g/mol. The molecule has 0 atom stereocenters. The molecule has 0 radical (unpaired) electrons. The monoisotopic (exact) mass is 312 g/mol. The molecule has 5 heteroatoms. The topological polar surface area (TPSA) is 44.9 Å². The van der Waals surface area contributed by atoms with Gasteiger partial charge in [0, 0.05) is 17.1 Å². The van der Waals surface area contributed by atoms with Gasteiger partial charge in [0.1, 0.15) is 17.3 Å². The van der Waals surface area contributed by atoms with Gasteiger partial charge in [-0.05, 0) is 36.6 Å². The molecule has 1 aliphatic carbocycles. The van der Waals surface area contributed by atoms with Crippen LogP contribution in [0.25, 0.3) is 10.9 Å². The molecule has 0 unspecified atom stereocenters. The molecule has 2 aromatic carbocycles. The van der Waals surface area contributed by atoms with Gasteiger partial charge in [0.25, 0.3) is 0 Å². The van der Waals surface area contributed by atoms with Crippen LogP contribution in [0.5, 0.6) is 0 Å². The number of amides is 1. The van der Waals surface area contributed by atoms with Crippen molar-refractivity contribution < 1.29 is 13.6 Å². The van der Waals surface area contributed by atoms with Crippen molar-refractivity contribution in [1.82, 2.24) is 4.98 Å². The summed E-state index contributed by atoms with van der Waals surface area (Å²) in [7, 11) is 0. The number of anilines is 1. The molecule has 1 fully saturated rings. The van der Waals surface area contributed by atoms with Gasteiger partial charge in [0.05, 0.1) is 5.41 Å². The van der Waals surface area contributed by atoms with E-state index in [-0.39, 0.29) is 11.6 Å². The summed E-state index contributed by atoms with van der Waals surface area (Å²) in [6, 6.07) is 11.2. The summed E-state index contributed by atoms with van der Waals surface area (Å²) >= 11 is 0. The number of aromatic amines is 1. The third-order valence-corrected chi connectivity index (χ3v) is 4.49. The molecule has 0 saturated heterocycles. The van der Waals surface area contributed by atoms with E-state index in [2.05, 4.69) is 10.3 Å². The SMILES string of the molecule is O=C(Nc1c(F)cccc1F)C1(c2c[nH]c3ccccc23)CC1. The predicted octanol–water partition coefficient (Wildman–Crippen LogP) is 4.12. The van der Waals surface area contributed by atoms with E-state index in [1.807, 2.05) is 30.5 Å². The molecular weight excluding hydrogens is 298 g/mol. The van der Waals surface area contributed by atoms with Gasteiger partial charge in [-0.25, -0.2) is 8.78 Å². The molecule has 0 aliphatic heterocycles. The number of hydrogen-bond acceptors (Lipinski definition) is 1. The van der Waals surface area contributed by atoms with Crippen LogP contribution in [0.15, 0.2) is 48.7 Å². The number of nitrogens with one attached hydrogen (secondary N) is 2. The summed E-state index contributed by atoms with van der Waals surface area (Å²) in [5, 5.41) is 3.40. The van der Waals surface area contributed by atoms with E-state index in [0.29, 0.717) is 12.8 Å². The zero-order chi connectivity index (χ0) is 16.0. The van der Waals surface area contributed by atoms with E-state index >= 15 is 0 Å². The second-order valence-corrected chi connectivity index (χ2v) is 5.88. The lowest BCUT2D eigenvalue weighted by Crippen LogP contribution is -2.28. The van der Waals surface area contributed by atoms with Crippen molar-refractivity contribution in [2.24, 2.45) is 0 Å². The van der Waals surface area contributed by atoms with Crippen LogP contribution in [0.4, 0.5) is 14.5 Å². The van der Waals surface area contributed by atoms with E-state index in [9.17, 15) is 13.6 Å². The fraction of sp³-hybridized carbons (Fsp3) is 0.167. The average Bonchev–Trinajstić information content (AvgIpc) is 3.24. The minimum Gasteiger partial charge on any atom is -0.361 e.